The number of likely N-dealkylation sites (tertiary alicyclic amines) is 1. The summed E-state index contributed by atoms with van der Waals surface area (Å²) in [6.45, 7) is 6.25. The first-order chi connectivity index (χ1) is 9.58. The van der Waals surface area contributed by atoms with Gasteiger partial charge in [0.15, 0.2) is 5.82 Å². The van der Waals surface area contributed by atoms with Crippen LogP contribution in [0.15, 0.2) is 0 Å². The Kier molecular flexibility index (Phi) is 3.50. The van der Waals surface area contributed by atoms with E-state index in [-0.39, 0.29) is 6.04 Å². The Morgan fingerprint density at radius 2 is 2.05 bits per heavy atom. The predicted molar refractivity (Wildman–Crippen MR) is 73.4 cm³/mol. The molecule has 0 amide bonds. The van der Waals surface area contributed by atoms with Gasteiger partial charge in [-0.05, 0) is 46.1 Å². The summed E-state index contributed by atoms with van der Waals surface area (Å²) in [5.74, 6) is 0.199. The molecule has 0 aromatic carbocycles. The van der Waals surface area contributed by atoms with Gasteiger partial charge in [0, 0.05) is 12.6 Å². The first-order valence-corrected chi connectivity index (χ1v) is 7.51. The van der Waals surface area contributed by atoms with Gasteiger partial charge in [-0.15, -0.1) is 0 Å². The van der Waals surface area contributed by atoms with Crippen LogP contribution in [0.1, 0.15) is 63.1 Å². The van der Waals surface area contributed by atoms with E-state index in [0.717, 1.165) is 38.2 Å². The van der Waals surface area contributed by atoms with E-state index in [4.69, 9.17) is 0 Å². The molecule has 6 heteroatoms. The number of carboxylic acids is 1. The summed E-state index contributed by atoms with van der Waals surface area (Å²) in [7, 11) is 0. The molecule has 3 heterocycles. The first kappa shape index (κ1) is 13.5. The fourth-order valence-electron chi connectivity index (χ4n) is 3.43. The molecular weight excluding hydrogens is 256 g/mol. The van der Waals surface area contributed by atoms with Crippen LogP contribution in [0.25, 0.3) is 0 Å². The van der Waals surface area contributed by atoms with Crippen molar-refractivity contribution >= 4 is 5.97 Å². The topological polar surface area (TPSA) is 71.2 Å². The number of hydrogen-bond acceptors (Lipinski definition) is 4. The third-order valence-electron chi connectivity index (χ3n) is 4.44. The molecule has 1 aromatic rings. The van der Waals surface area contributed by atoms with Crippen LogP contribution in [0, 0.1) is 0 Å². The van der Waals surface area contributed by atoms with Gasteiger partial charge in [-0.25, -0.2) is 9.67 Å². The predicted octanol–water partition coefficient (Wildman–Crippen LogP) is 1.79. The largest absolute Gasteiger partial charge is 0.481 e. The van der Waals surface area contributed by atoms with Crippen LogP contribution in [0.5, 0.6) is 0 Å². The SMILES string of the molecule is CC(C)N1CCCC1c1nc2n(n1)CCCC2C(=O)O. The van der Waals surface area contributed by atoms with Crippen LogP contribution >= 0.6 is 0 Å². The molecule has 0 bridgehead atoms. The maximum Gasteiger partial charge on any atom is 0.314 e. The maximum atomic E-state index is 11.3. The summed E-state index contributed by atoms with van der Waals surface area (Å²) in [4.78, 5) is 18.3. The van der Waals surface area contributed by atoms with Crippen molar-refractivity contribution in [3.8, 4) is 0 Å². The van der Waals surface area contributed by atoms with Gasteiger partial charge in [-0.3, -0.25) is 9.69 Å². The van der Waals surface area contributed by atoms with Crippen LogP contribution in [0.2, 0.25) is 0 Å². The Labute approximate surface area is 118 Å². The molecule has 0 aliphatic carbocycles. The van der Waals surface area contributed by atoms with Crippen LogP contribution in [-0.4, -0.2) is 43.3 Å². The first-order valence-electron chi connectivity index (χ1n) is 7.51. The van der Waals surface area contributed by atoms with Gasteiger partial charge in [0.25, 0.3) is 0 Å². The summed E-state index contributed by atoms with van der Waals surface area (Å²) < 4.78 is 1.81. The highest BCUT2D eigenvalue weighted by molar-refractivity contribution is 5.75. The molecule has 110 valence electrons. The minimum Gasteiger partial charge on any atom is -0.481 e. The Bertz CT molecular complexity index is 511. The van der Waals surface area contributed by atoms with Crippen LogP contribution in [-0.2, 0) is 11.3 Å². The summed E-state index contributed by atoms with van der Waals surface area (Å²) in [5, 5.41) is 13.9. The van der Waals surface area contributed by atoms with Crippen LogP contribution in [0.4, 0.5) is 0 Å². The van der Waals surface area contributed by atoms with E-state index in [2.05, 4.69) is 28.8 Å². The minimum absolute atomic E-state index is 0.252. The van der Waals surface area contributed by atoms with Gasteiger partial charge in [-0.2, -0.15) is 5.10 Å². The molecule has 2 atom stereocenters. The van der Waals surface area contributed by atoms with E-state index < -0.39 is 11.9 Å². The van der Waals surface area contributed by atoms with E-state index in [9.17, 15) is 9.90 Å². The number of carboxylic acid groups (broad SMARTS) is 1. The second-order valence-electron chi connectivity index (χ2n) is 6.07. The Morgan fingerprint density at radius 3 is 2.75 bits per heavy atom. The van der Waals surface area contributed by atoms with Gasteiger partial charge >= 0.3 is 5.97 Å². The molecule has 0 radical (unpaired) electrons. The van der Waals surface area contributed by atoms with E-state index in [0.29, 0.717) is 18.3 Å². The van der Waals surface area contributed by atoms with Crippen molar-refractivity contribution in [2.24, 2.45) is 0 Å². The highest BCUT2D eigenvalue weighted by Gasteiger charge is 2.35. The van der Waals surface area contributed by atoms with Crippen molar-refractivity contribution in [2.75, 3.05) is 6.54 Å². The lowest BCUT2D eigenvalue weighted by molar-refractivity contribution is -0.139. The van der Waals surface area contributed by atoms with Gasteiger partial charge in [0.1, 0.15) is 11.7 Å². The quantitative estimate of drug-likeness (QED) is 0.912. The van der Waals surface area contributed by atoms with Crippen molar-refractivity contribution in [1.82, 2.24) is 19.7 Å². The lowest BCUT2D eigenvalue weighted by Gasteiger charge is -2.26. The number of hydrogen-bond donors (Lipinski definition) is 1. The molecule has 1 fully saturated rings. The van der Waals surface area contributed by atoms with Gasteiger partial charge in [-0.1, -0.05) is 0 Å². The summed E-state index contributed by atoms with van der Waals surface area (Å²) in [6, 6.07) is 0.723. The molecule has 2 aliphatic heterocycles. The second-order valence-corrected chi connectivity index (χ2v) is 6.07. The molecule has 2 unspecified atom stereocenters. The zero-order valence-electron chi connectivity index (χ0n) is 12.1. The molecule has 1 N–H and O–H groups in total. The molecular formula is C14H22N4O2. The monoisotopic (exact) mass is 278 g/mol. The van der Waals surface area contributed by atoms with E-state index in [1.54, 1.807) is 0 Å². The Morgan fingerprint density at radius 1 is 1.30 bits per heavy atom. The summed E-state index contributed by atoms with van der Waals surface area (Å²) in [6.07, 6.45) is 3.77. The fraction of sp³-hybridized carbons (Fsp3) is 0.786. The molecule has 3 rings (SSSR count). The number of fused-ring (bicyclic) bond motifs is 1. The van der Waals surface area contributed by atoms with E-state index >= 15 is 0 Å². The summed E-state index contributed by atoms with van der Waals surface area (Å²) >= 11 is 0. The second kappa shape index (κ2) is 5.16. The van der Waals surface area contributed by atoms with Crippen molar-refractivity contribution < 1.29 is 9.90 Å². The van der Waals surface area contributed by atoms with Crippen LogP contribution < -0.4 is 0 Å². The van der Waals surface area contributed by atoms with Crippen molar-refractivity contribution in [1.29, 1.82) is 0 Å². The molecule has 6 nitrogen and oxygen atoms in total. The number of aromatic nitrogens is 3. The van der Waals surface area contributed by atoms with Crippen molar-refractivity contribution in [2.45, 2.75) is 64.1 Å². The maximum absolute atomic E-state index is 11.3. The Balaban J connectivity index is 1.91. The molecule has 20 heavy (non-hydrogen) atoms. The smallest absolute Gasteiger partial charge is 0.314 e. The fourth-order valence-corrected chi connectivity index (χ4v) is 3.43. The van der Waals surface area contributed by atoms with E-state index in [1.807, 2.05) is 4.68 Å². The molecule has 1 saturated heterocycles. The van der Waals surface area contributed by atoms with Crippen molar-refractivity contribution in [3.63, 3.8) is 0 Å². The number of rotatable bonds is 3. The normalized spacial score (nSPS) is 26.9. The molecule has 1 aromatic heterocycles. The third kappa shape index (κ3) is 2.22. The lowest BCUT2D eigenvalue weighted by atomic mass is 10.00. The molecule has 0 saturated carbocycles. The lowest BCUT2D eigenvalue weighted by Crippen LogP contribution is -2.30. The van der Waals surface area contributed by atoms with Crippen LogP contribution in [0.3, 0.4) is 0 Å². The zero-order chi connectivity index (χ0) is 14.3. The average molecular weight is 278 g/mol. The number of aliphatic carboxylic acids is 1. The minimum atomic E-state index is -0.781. The standard InChI is InChI=1S/C14H22N4O2/c1-9(2)17-7-4-6-11(17)12-15-13-10(14(19)20)5-3-8-18(13)16-12/h9-11H,3-8H2,1-2H3,(H,19,20). The highest BCUT2D eigenvalue weighted by atomic mass is 16.4. The van der Waals surface area contributed by atoms with E-state index in [1.165, 1.54) is 0 Å². The molecule has 0 spiro atoms. The number of carbonyl (C=O) groups is 1. The van der Waals surface area contributed by atoms with Gasteiger partial charge in [0.05, 0.1) is 6.04 Å². The van der Waals surface area contributed by atoms with Gasteiger partial charge in [0.2, 0.25) is 0 Å². The van der Waals surface area contributed by atoms with Gasteiger partial charge < -0.3 is 5.11 Å². The van der Waals surface area contributed by atoms with Crippen molar-refractivity contribution in [3.05, 3.63) is 11.6 Å². The number of aryl methyl sites for hydroxylation is 1. The Hall–Kier alpha value is -1.43. The zero-order valence-corrected chi connectivity index (χ0v) is 12.1. The summed E-state index contributed by atoms with van der Waals surface area (Å²) in [5.41, 5.74) is 0. The number of nitrogens with zero attached hydrogens (tertiary/aromatic N) is 4. The third-order valence-corrected chi connectivity index (χ3v) is 4.44. The highest BCUT2D eigenvalue weighted by Crippen LogP contribution is 2.34. The molecule has 2 aliphatic rings. The average Bonchev–Trinajstić information content (AvgIpc) is 3.03.